The Morgan fingerprint density at radius 2 is 1.81 bits per heavy atom. The van der Waals surface area contributed by atoms with Gasteiger partial charge in [0, 0.05) is 6.42 Å². The zero-order chi connectivity index (χ0) is 19.2. The van der Waals surface area contributed by atoms with Crippen LogP contribution in [0.25, 0.3) is 0 Å². The smallest absolute Gasteiger partial charge is 0.298 e. The van der Waals surface area contributed by atoms with E-state index < -0.39 is 8.32 Å². The Labute approximate surface area is 159 Å². The molecular weight excluding hydrogens is 344 g/mol. The predicted octanol–water partition coefficient (Wildman–Crippen LogP) is 4.93. The maximum absolute atomic E-state index is 12.8. The molecule has 0 saturated carbocycles. The minimum absolute atomic E-state index is 0.0753. The van der Waals surface area contributed by atoms with Crippen LogP contribution in [0.4, 0.5) is 0 Å². The van der Waals surface area contributed by atoms with Gasteiger partial charge in [0.1, 0.15) is 0 Å². The summed E-state index contributed by atoms with van der Waals surface area (Å²) in [6.07, 6.45) is 0.598. The van der Waals surface area contributed by atoms with Gasteiger partial charge in [-0.1, -0.05) is 51.1 Å². The highest BCUT2D eigenvalue weighted by Gasteiger charge is 2.43. The molecule has 0 aromatic heterocycles. The van der Waals surface area contributed by atoms with Crippen LogP contribution in [0.15, 0.2) is 30.3 Å². The van der Waals surface area contributed by atoms with Crippen molar-refractivity contribution in [1.29, 1.82) is 0 Å². The van der Waals surface area contributed by atoms with E-state index in [2.05, 4.69) is 32.9 Å². The lowest BCUT2D eigenvalue weighted by Gasteiger charge is -2.31. The summed E-state index contributed by atoms with van der Waals surface area (Å²) in [6.45, 7) is 10.9. The molecule has 26 heavy (non-hydrogen) atoms. The second-order valence-corrected chi connectivity index (χ2v) is 12.1. The van der Waals surface area contributed by atoms with E-state index in [1.165, 1.54) is 0 Å². The summed E-state index contributed by atoms with van der Waals surface area (Å²) in [7, 11) is -1.95. The lowest BCUT2D eigenvalue weighted by atomic mass is 9.99. The van der Waals surface area contributed by atoms with Crippen molar-refractivity contribution in [2.45, 2.75) is 84.1 Å². The van der Waals surface area contributed by atoms with Crippen molar-refractivity contribution in [2.75, 3.05) is 0 Å². The van der Waals surface area contributed by atoms with E-state index >= 15 is 0 Å². The Morgan fingerprint density at radius 3 is 2.38 bits per heavy atom. The van der Waals surface area contributed by atoms with Gasteiger partial charge < -0.3 is 13.9 Å². The molecule has 146 valence electrons. The second kappa shape index (κ2) is 9.67. The molecular formula is C21H34O4Si. The lowest BCUT2D eigenvalue weighted by molar-refractivity contribution is -0.147. The van der Waals surface area contributed by atoms with Crippen LogP contribution in [0.5, 0.6) is 0 Å². The lowest BCUT2D eigenvalue weighted by Crippen LogP contribution is -2.43. The maximum atomic E-state index is 12.8. The van der Waals surface area contributed by atoms with E-state index in [0.717, 1.165) is 30.1 Å². The summed E-state index contributed by atoms with van der Waals surface area (Å²) in [5.74, 6) is -0.424. The van der Waals surface area contributed by atoms with Crippen LogP contribution in [0.1, 0.15) is 46.6 Å². The summed E-state index contributed by atoms with van der Waals surface area (Å²) < 4.78 is 18.3. The number of rotatable bonds is 9. The summed E-state index contributed by atoms with van der Waals surface area (Å²) in [5.41, 5.74) is 1.13. The van der Waals surface area contributed by atoms with Crippen LogP contribution in [-0.2, 0) is 25.3 Å². The first-order chi connectivity index (χ1) is 12.4. The Hall–Kier alpha value is -1.17. The van der Waals surface area contributed by atoms with Gasteiger partial charge in [0.25, 0.3) is 14.3 Å². The van der Waals surface area contributed by atoms with Gasteiger partial charge in [-0.05, 0) is 37.5 Å². The molecule has 0 aliphatic carbocycles. The standard InChI is InChI=1S/C21H34O4Si/c1-6-26(7-2,8-3)25-21(22)17(5)20-19(14-16(4)24-20)23-15-18-12-10-9-11-13-18/h9-13,16-17,19-20H,6-8,14-15H2,1-5H3/t16-,17+,19-,20+/m0/s1. The summed E-state index contributed by atoms with van der Waals surface area (Å²) in [5, 5.41) is 0. The number of carbonyl (C=O) groups is 1. The van der Waals surface area contributed by atoms with E-state index in [9.17, 15) is 4.79 Å². The molecule has 0 unspecified atom stereocenters. The number of carbonyl (C=O) groups excluding carboxylic acids is 1. The summed E-state index contributed by atoms with van der Waals surface area (Å²) >= 11 is 0. The molecule has 1 aromatic carbocycles. The van der Waals surface area contributed by atoms with Crippen LogP contribution >= 0.6 is 0 Å². The molecule has 2 rings (SSSR count). The fourth-order valence-corrected chi connectivity index (χ4v) is 6.21. The average molecular weight is 379 g/mol. The highest BCUT2D eigenvalue weighted by atomic mass is 28.4. The first kappa shape index (κ1) is 21.1. The number of ether oxygens (including phenoxy) is 2. The van der Waals surface area contributed by atoms with E-state index in [-0.39, 0.29) is 30.2 Å². The first-order valence-electron chi connectivity index (χ1n) is 9.98. The Balaban J connectivity index is 2.00. The molecule has 0 radical (unpaired) electrons. The van der Waals surface area contributed by atoms with E-state index in [0.29, 0.717) is 6.61 Å². The minimum atomic E-state index is -1.95. The van der Waals surface area contributed by atoms with Gasteiger partial charge in [0.2, 0.25) is 0 Å². The van der Waals surface area contributed by atoms with Crippen LogP contribution in [0.2, 0.25) is 18.1 Å². The third kappa shape index (κ3) is 5.18. The van der Waals surface area contributed by atoms with Crippen molar-refractivity contribution in [1.82, 2.24) is 0 Å². The van der Waals surface area contributed by atoms with Gasteiger partial charge in [-0.25, -0.2) is 0 Å². The van der Waals surface area contributed by atoms with Crippen LogP contribution < -0.4 is 0 Å². The average Bonchev–Trinajstić information content (AvgIpc) is 3.05. The molecule has 1 saturated heterocycles. The molecule has 4 atom stereocenters. The Morgan fingerprint density at radius 1 is 1.19 bits per heavy atom. The molecule has 0 amide bonds. The van der Waals surface area contributed by atoms with Crippen molar-refractivity contribution >= 4 is 14.3 Å². The van der Waals surface area contributed by atoms with Gasteiger partial charge in [-0.2, -0.15) is 0 Å². The molecule has 0 bridgehead atoms. The van der Waals surface area contributed by atoms with Gasteiger partial charge in [-0.3, -0.25) is 4.79 Å². The van der Waals surface area contributed by atoms with Crippen LogP contribution in [0.3, 0.4) is 0 Å². The molecule has 1 aliphatic rings. The maximum Gasteiger partial charge on any atom is 0.298 e. The zero-order valence-electron chi connectivity index (χ0n) is 16.9. The van der Waals surface area contributed by atoms with Crippen molar-refractivity contribution in [3.63, 3.8) is 0 Å². The molecule has 0 spiro atoms. The number of hydrogen-bond acceptors (Lipinski definition) is 4. The third-order valence-corrected chi connectivity index (χ3v) is 10.2. The molecule has 4 nitrogen and oxygen atoms in total. The normalized spacial score (nSPS) is 24.4. The summed E-state index contributed by atoms with van der Waals surface area (Å²) in [4.78, 5) is 12.8. The topological polar surface area (TPSA) is 44.8 Å². The zero-order valence-corrected chi connectivity index (χ0v) is 17.9. The fraction of sp³-hybridized carbons (Fsp3) is 0.667. The Kier molecular flexibility index (Phi) is 7.86. The van der Waals surface area contributed by atoms with Crippen molar-refractivity contribution in [2.24, 2.45) is 5.92 Å². The fourth-order valence-electron chi connectivity index (χ4n) is 3.66. The summed E-state index contributed by atoms with van der Waals surface area (Å²) in [6, 6.07) is 13.0. The molecule has 1 fully saturated rings. The second-order valence-electron chi connectivity index (χ2n) is 7.44. The van der Waals surface area contributed by atoms with E-state index in [1.807, 2.05) is 32.0 Å². The SMILES string of the molecule is CC[Si](CC)(CC)OC(=O)[C@H](C)[C@H]1O[C@@H](C)C[C@@H]1OCc1ccccc1. The van der Waals surface area contributed by atoms with E-state index in [1.54, 1.807) is 0 Å². The molecule has 5 heteroatoms. The van der Waals surface area contributed by atoms with Crippen LogP contribution in [-0.4, -0.2) is 32.6 Å². The molecule has 1 heterocycles. The highest BCUT2D eigenvalue weighted by Crippen LogP contribution is 2.31. The predicted molar refractivity (Wildman–Crippen MR) is 106 cm³/mol. The van der Waals surface area contributed by atoms with E-state index in [4.69, 9.17) is 13.9 Å². The highest BCUT2D eigenvalue weighted by molar-refractivity contribution is 6.74. The van der Waals surface area contributed by atoms with Crippen molar-refractivity contribution in [3.05, 3.63) is 35.9 Å². The van der Waals surface area contributed by atoms with Gasteiger partial charge >= 0.3 is 0 Å². The quantitative estimate of drug-likeness (QED) is 0.571. The first-order valence-corrected chi connectivity index (χ1v) is 12.5. The molecule has 1 aliphatic heterocycles. The van der Waals surface area contributed by atoms with Crippen molar-refractivity contribution in [3.8, 4) is 0 Å². The third-order valence-electron chi connectivity index (χ3n) is 5.74. The van der Waals surface area contributed by atoms with Gasteiger partial charge in [0.05, 0.1) is 30.8 Å². The van der Waals surface area contributed by atoms with Crippen LogP contribution in [0, 0.1) is 5.92 Å². The monoisotopic (exact) mass is 378 g/mol. The largest absolute Gasteiger partial charge is 0.519 e. The minimum Gasteiger partial charge on any atom is -0.519 e. The van der Waals surface area contributed by atoms with Gasteiger partial charge in [0.15, 0.2) is 0 Å². The Bertz CT molecular complexity index is 550. The molecule has 1 aromatic rings. The van der Waals surface area contributed by atoms with Crippen molar-refractivity contribution < 1.29 is 18.7 Å². The molecule has 0 N–H and O–H groups in total. The number of hydrogen-bond donors (Lipinski definition) is 0. The van der Waals surface area contributed by atoms with Gasteiger partial charge in [-0.15, -0.1) is 0 Å². The number of benzene rings is 1.